The van der Waals surface area contributed by atoms with Crippen LogP contribution in [0.5, 0.6) is 0 Å². The van der Waals surface area contributed by atoms with Gasteiger partial charge >= 0.3 is 0 Å². The number of hydrogen-bond acceptors (Lipinski definition) is 3. The number of nitrogens with two attached hydrogens (primary N) is 1. The van der Waals surface area contributed by atoms with Gasteiger partial charge in [-0.2, -0.15) is 0 Å². The maximum atomic E-state index is 13.1. The normalized spacial score (nSPS) is 12.8. The lowest BCUT2D eigenvalue weighted by Crippen LogP contribution is -2.17. The van der Waals surface area contributed by atoms with E-state index in [-0.39, 0.29) is 5.91 Å². The fourth-order valence-corrected chi connectivity index (χ4v) is 3.61. The number of benzene rings is 2. The number of aryl methyl sites for hydroxylation is 2. The van der Waals surface area contributed by atoms with E-state index in [9.17, 15) is 9.59 Å². The molecular weight excluding hydrogens is 326 g/mol. The van der Waals surface area contributed by atoms with E-state index in [0.717, 1.165) is 47.0 Å². The van der Waals surface area contributed by atoms with Crippen molar-refractivity contribution >= 4 is 28.4 Å². The van der Waals surface area contributed by atoms with Crippen molar-refractivity contribution in [2.75, 3.05) is 5.32 Å². The van der Waals surface area contributed by atoms with Gasteiger partial charge in [0.05, 0.1) is 11.1 Å². The van der Waals surface area contributed by atoms with Gasteiger partial charge in [-0.05, 0) is 61.6 Å². The molecule has 0 aliphatic heterocycles. The molecule has 0 unspecified atom stereocenters. The number of rotatable bonds is 3. The Hall–Kier alpha value is -3.21. The Morgan fingerprint density at radius 3 is 2.69 bits per heavy atom. The summed E-state index contributed by atoms with van der Waals surface area (Å²) in [5, 5.41) is 3.87. The Morgan fingerprint density at radius 1 is 1.12 bits per heavy atom. The van der Waals surface area contributed by atoms with E-state index in [0.29, 0.717) is 16.8 Å². The first kappa shape index (κ1) is 16.3. The van der Waals surface area contributed by atoms with Crippen molar-refractivity contribution in [1.82, 2.24) is 4.98 Å². The van der Waals surface area contributed by atoms with Crippen LogP contribution in [0.1, 0.15) is 44.0 Å². The summed E-state index contributed by atoms with van der Waals surface area (Å²) in [7, 11) is 0. The molecule has 4 rings (SSSR count). The average molecular weight is 345 g/mol. The molecule has 5 heteroatoms. The van der Waals surface area contributed by atoms with Crippen LogP contribution in [0.25, 0.3) is 10.9 Å². The zero-order valence-corrected chi connectivity index (χ0v) is 14.5. The van der Waals surface area contributed by atoms with E-state index in [2.05, 4.69) is 5.32 Å². The average Bonchev–Trinajstić information content (AvgIpc) is 3.08. The monoisotopic (exact) mass is 345 g/mol. The van der Waals surface area contributed by atoms with Gasteiger partial charge < -0.3 is 11.1 Å². The second-order valence-electron chi connectivity index (χ2n) is 6.63. The molecule has 26 heavy (non-hydrogen) atoms. The minimum Gasteiger partial charge on any atom is -0.366 e. The van der Waals surface area contributed by atoms with Gasteiger partial charge in [-0.25, -0.2) is 0 Å². The number of carbonyl (C=O) groups is 2. The van der Waals surface area contributed by atoms with Gasteiger partial charge in [0.15, 0.2) is 0 Å². The molecule has 0 fully saturated rings. The summed E-state index contributed by atoms with van der Waals surface area (Å²) in [6.45, 7) is 1.84. The molecule has 0 bridgehead atoms. The fraction of sp³-hybridized carbons (Fsp3) is 0.190. The number of pyridine rings is 1. The molecule has 2 aromatic carbocycles. The van der Waals surface area contributed by atoms with E-state index in [4.69, 9.17) is 10.7 Å². The zero-order valence-electron chi connectivity index (χ0n) is 14.5. The van der Waals surface area contributed by atoms with Crippen molar-refractivity contribution in [2.45, 2.75) is 26.2 Å². The highest BCUT2D eigenvalue weighted by Gasteiger charge is 2.24. The number of para-hydroxylation sites is 1. The lowest BCUT2D eigenvalue weighted by Gasteiger charge is -2.14. The highest BCUT2D eigenvalue weighted by Crippen LogP contribution is 2.31. The molecule has 5 nitrogen and oxygen atoms in total. The molecule has 130 valence electrons. The van der Waals surface area contributed by atoms with E-state index < -0.39 is 5.91 Å². The van der Waals surface area contributed by atoms with Gasteiger partial charge in [-0.1, -0.05) is 18.2 Å². The number of fused-ring (bicyclic) bond motifs is 2. The minimum atomic E-state index is -0.482. The summed E-state index contributed by atoms with van der Waals surface area (Å²) >= 11 is 0. The SMILES string of the molecule is Cc1cc(C(N)=O)ccc1NC(=O)c1c2c(nc3ccccc13)CCC2. The van der Waals surface area contributed by atoms with Crippen LogP contribution in [-0.4, -0.2) is 16.8 Å². The largest absolute Gasteiger partial charge is 0.366 e. The van der Waals surface area contributed by atoms with Crippen LogP contribution in [0.3, 0.4) is 0 Å². The van der Waals surface area contributed by atoms with Crippen LogP contribution in [-0.2, 0) is 12.8 Å². The molecule has 0 saturated heterocycles. The van der Waals surface area contributed by atoms with E-state index in [1.54, 1.807) is 18.2 Å². The molecule has 3 N–H and O–H groups in total. The van der Waals surface area contributed by atoms with Gasteiger partial charge in [0, 0.05) is 22.3 Å². The first-order chi connectivity index (χ1) is 12.5. The second kappa shape index (κ2) is 6.26. The van der Waals surface area contributed by atoms with Crippen molar-refractivity contribution in [3.05, 3.63) is 70.4 Å². The topological polar surface area (TPSA) is 85.1 Å². The first-order valence-electron chi connectivity index (χ1n) is 8.67. The predicted molar refractivity (Wildman–Crippen MR) is 101 cm³/mol. The molecule has 1 aliphatic carbocycles. The highest BCUT2D eigenvalue weighted by atomic mass is 16.2. The van der Waals surface area contributed by atoms with Crippen LogP contribution in [0.15, 0.2) is 42.5 Å². The van der Waals surface area contributed by atoms with Crippen molar-refractivity contribution in [3.8, 4) is 0 Å². The predicted octanol–water partition coefficient (Wildman–Crippen LogP) is 3.38. The Bertz CT molecular complexity index is 1060. The Kier molecular flexibility index (Phi) is 3.92. The minimum absolute atomic E-state index is 0.142. The van der Waals surface area contributed by atoms with Crippen molar-refractivity contribution in [3.63, 3.8) is 0 Å². The van der Waals surface area contributed by atoms with Gasteiger partial charge in [0.25, 0.3) is 5.91 Å². The molecule has 1 aliphatic rings. The van der Waals surface area contributed by atoms with E-state index in [1.165, 1.54) is 0 Å². The quantitative estimate of drug-likeness (QED) is 0.763. The number of hydrogen-bond donors (Lipinski definition) is 2. The molecule has 2 amide bonds. The molecule has 3 aromatic rings. The summed E-state index contributed by atoms with van der Waals surface area (Å²) in [4.78, 5) is 29.2. The Balaban J connectivity index is 1.77. The standard InChI is InChI=1S/C21H19N3O2/c1-12-11-13(20(22)25)9-10-16(12)24-21(26)19-14-5-2-3-7-17(14)23-18-8-4-6-15(18)19/h2-3,5,7,9-11H,4,6,8H2,1H3,(H2,22,25)(H,24,26). The van der Waals surface area contributed by atoms with Crippen molar-refractivity contribution in [1.29, 1.82) is 0 Å². The molecule has 0 saturated carbocycles. The number of aromatic nitrogens is 1. The summed E-state index contributed by atoms with van der Waals surface area (Å²) < 4.78 is 0. The maximum Gasteiger partial charge on any atom is 0.256 e. The lowest BCUT2D eigenvalue weighted by atomic mass is 10.00. The van der Waals surface area contributed by atoms with Crippen LogP contribution in [0.2, 0.25) is 0 Å². The lowest BCUT2D eigenvalue weighted by molar-refractivity contribution is 0.0998. The number of nitrogens with zero attached hydrogens (tertiary/aromatic N) is 1. The van der Waals surface area contributed by atoms with E-state index in [1.807, 2.05) is 31.2 Å². The zero-order chi connectivity index (χ0) is 18.3. The number of amides is 2. The molecule has 0 atom stereocenters. The van der Waals surface area contributed by atoms with Gasteiger partial charge in [-0.15, -0.1) is 0 Å². The number of nitrogens with one attached hydrogen (secondary N) is 1. The fourth-order valence-electron chi connectivity index (χ4n) is 3.61. The van der Waals surface area contributed by atoms with Crippen molar-refractivity contribution in [2.24, 2.45) is 5.73 Å². The molecule has 1 aromatic heterocycles. The third-order valence-corrected chi connectivity index (χ3v) is 4.91. The van der Waals surface area contributed by atoms with E-state index >= 15 is 0 Å². The third-order valence-electron chi connectivity index (χ3n) is 4.91. The molecule has 0 spiro atoms. The van der Waals surface area contributed by atoms with Gasteiger partial charge in [-0.3, -0.25) is 14.6 Å². The second-order valence-corrected chi connectivity index (χ2v) is 6.63. The summed E-state index contributed by atoms with van der Waals surface area (Å²) in [6.07, 6.45) is 2.80. The van der Waals surface area contributed by atoms with Crippen LogP contribution in [0.4, 0.5) is 5.69 Å². The third kappa shape index (κ3) is 2.71. The van der Waals surface area contributed by atoms with Gasteiger partial charge in [0.1, 0.15) is 0 Å². The smallest absolute Gasteiger partial charge is 0.256 e. The van der Waals surface area contributed by atoms with Crippen molar-refractivity contribution < 1.29 is 9.59 Å². The maximum absolute atomic E-state index is 13.1. The van der Waals surface area contributed by atoms with Crippen LogP contribution in [0, 0.1) is 6.92 Å². The van der Waals surface area contributed by atoms with Gasteiger partial charge in [0.2, 0.25) is 5.91 Å². The Labute approximate surface area is 151 Å². The first-order valence-corrected chi connectivity index (χ1v) is 8.67. The number of anilines is 1. The van der Waals surface area contributed by atoms with Crippen LogP contribution < -0.4 is 11.1 Å². The summed E-state index contributed by atoms with van der Waals surface area (Å²) in [5.74, 6) is -0.624. The molecular formula is C21H19N3O2. The summed E-state index contributed by atoms with van der Waals surface area (Å²) in [5.41, 5.74) is 10.8. The highest BCUT2D eigenvalue weighted by molar-refractivity contribution is 6.14. The Morgan fingerprint density at radius 2 is 1.92 bits per heavy atom. The number of primary amides is 1. The van der Waals surface area contributed by atoms with Crippen LogP contribution >= 0.6 is 0 Å². The number of carbonyl (C=O) groups excluding carboxylic acids is 2. The summed E-state index contributed by atoms with van der Waals surface area (Å²) in [6, 6.07) is 12.8. The molecule has 1 heterocycles. The molecule has 0 radical (unpaired) electrons.